The van der Waals surface area contributed by atoms with E-state index in [1.165, 1.54) is 17.7 Å². The molecule has 280 valence electrons. The molecule has 0 bridgehead atoms. The molecule has 0 spiro atoms. The van der Waals surface area contributed by atoms with Gasteiger partial charge in [-0.25, -0.2) is 4.79 Å². The first-order valence-corrected chi connectivity index (χ1v) is 19.6. The first kappa shape index (κ1) is 40.9. The molecule has 4 aromatic heterocycles. The number of hydrogen-bond acceptors (Lipinski definition) is 10. The number of hydrogen-bond donors (Lipinski definition) is 0. The van der Waals surface area contributed by atoms with Gasteiger partial charge in [-0.15, -0.1) is 4.37 Å². The number of halogens is 4. The summed E-state index contributed by atoms with van der Waals surface area (Å²) in [4.78, 5) is 44.0. The Morgan fingerprint density at radius 2 is 1.09 bits per heavy atom. The van der Waals surface area contributed by atoms with E-state index < -0.39 is 4.94 Å². The Balaban J connectivity index is 0.000000157. The van der Waals surface area contributed by atoms with Crippen LogP contribution in [0.15, 0.2) is 155 Å². The Labute approximate surface area is 354 Å². The summed E-state index contributed by atoms with van der Waals surface area (Å²) in [5.41, 5.74) is 5.44. The number of aromatic nitrogens is 4. The van der Waals surface area contributed by atoms with Crippen LogP contribution in [0.5, 0.6) is 0 Å². The number of pyridine rings is 2. The lowest BCUT2D eigenvalue weighted by atomic mass is 9.97. The van der Waals surface area contributed by atoms with Crippen molar-refractivity contribution in [2.45, 2.75) is 0 Å². The molecule has 8 nitrogen and oxygen atoms in total. The first-order valence-electron chi connectivity index (χ1n) is 16.6. The standard InChI is InChI=1S/C21H12Cl2N2OS.C14H8ClNO.C8H4ClNO2S/c22-16-7-3-13(4-8-16)19-18(20(26)15-2-1-11-24-12-15)21(27-25-19)14-5-9-17(23)10-6-14;15-13-6-3-11(4-7-13)5-8-14(17)12-2-1-9-16-10-12;9-6-3-1-5(2-4-6)7-10-13-8(11)12-7/h1-12H;1-4,6-7,9-10H;1-4H. The average molecular weight is 867 g/mol. The fourth-order valence-corrected chi connectivity index (χ4v) is 6.70. The van der Waals surface area contributed by atoms with Gasteiger partial charge in [-0.2, -0.15) is 4.37 Å². The van der Waals surface area contributed by atoms with Crippen LogP contribution in [-0.4, -0.2) is 30.3 Å². The number of carbonyl (C=O) groups excluding carboxylic acids is 2. The second-order valence-electron chi connectivity index (χ2n) is 11.5. The van der Waals surface area contributed by atoms with Crippen molar-refractivity contribution >= 4 is 81.0 Å². The molecule has 4 heterocycles. The highest BCUT2D eigenvalue weighted by Crippen LogP contribution is 2.38. The summed E-state index contributed by atoms with van der Waals surface area (Å²) in [6.45, 7) is 0. The monoisotopic (exact) mass is 864 g/mol. The minimum atomic E-state index is -0.398. The van der Waals surface area contributed by atoms with Crippen molar-refractivity contribution in [2.75, 3.05) is 0 Å². The molecule has 0 saturated heterocycles. The quantitative estimate of drug-likeness (QED) is 0.120. The molecule has 0 amide bonds. The predicted molar refractivity (Wildman–Crippen MR) is 229 cm³/mol. The van der Waals surface area contributed by atoms with Crippen molar-refractivity contribution in [2.24, 2.45) is 0 Å². The molecule has 57 heavy (non-hydrogen) atoms. The highest BCUT2D eigenvalue weighted by atomic mass is 35.5. The zero-order chi connectivity index (χ0) is 40.1. The molecule has 0 atom stereocenters. The predicted octanol–water partition coefficient (Wildman–Crippen LogP) is 11.8. The summed E-state index contributed by atoms with van der Waals surface area (Å²) in [7, 11) is 0. The maximum atomic E-state index is 13.3. The van der Waals surface area contributed by atoms with E-state index in [1.54, 1.807) is 116 Å². The third kappa shape index (κ3) is 11.4. The van der Waals surface area contributed by atoms with Crippen LogP contribution in [0.25, 0.3) is 33.2 Å². The van der Waals surface area contributed by atoms with E-state index in [0.29, 0.717) is 48.4 Å². The molecule has 0 aliphatic rings. The summed E-state index contributed by atoms with van der Waals surface area (Å²) in [5, 5.41) is 2.56. The highest BCUT2D eigenvalue weighted by Gasteiger charge is 2.24. The number of nitrogens with zero attached hydrogens (tertiary/aromatic N) is 4. The van der Waals surface area contributed by atoms with E-state index in [9.17, 15) is 14.4 Å². The van der Waals surface area contributed by atoms with E-state index in [-0.39, 0.29) is 11.6 Å². The normalized spacial score (nSPS) is 10.2. The third-order valence-electron chi connectivity index (χ3n) is 7.63. The number of rotatable bonds is 6. The van der Waals surface area contributed by atoms with E-state index >= 15 is 0 Å². The van der Waals surface area contributed by atoms with E-state index in [1.807, 2.05) is 24.3 Å². The Bertz CT molecular complexity index is 2650. The molecule has 0 N–H and O–H groups in total. The van der Waals surface area contributed by atoms with Crippen LogP contribution in [-0.2, 0) is 0 Å². The van der Waals surface area contributed by atoms with Crippen molar-refractivity contribution < 1.29 is 14.0 Å². The second-order valence-corrected chi connectivity index (χ2v) is 14.7. The number of carbonyl (C=O) groups is 2. The summed E-state index contributed by atoms with van der Waals surface area (Å²) < 4.78 is 13.2. The number of benzene rings is 4. The highest BCUT2D eigenvalue weighted by molar-refractivity contribution is 7.10. The Morgan fingerprint density at radius 1 is 0.579 bits per heavy atom. The lowest BCUT2D eigenvalue weighted by Crippen LogP contribution is -2.04. The van der Waals surface area contributed by atoms with E-state index in [0.717, 1.165) is 38.7 Å². The van der Waals surface area contributed by atoms with Crippen LogP contribution in [0.1, 0.15) is 31.8 Å². The molecule has 0 unspecified atom stereocenters. The van der Waals surface area contributed by atoms with Gasteiger partial charge in [0.05, 0.1) is 27.7 Å². The largest absolute Gasteiger partial charge is 0.414 e. The lowest BCUT2D eigenvalue weighted by molar-refractivity contribution is 0.103. The van der Waals surface area contributed by atoms with E-state index in [2.05, 4.69) is 30.6 Å². The number of Topliss-reactive ketones (excluding diaryl/α,β-unsaturated/α-hetero) is 1. The van der Waals surface area contributed by atoms with Crippen molar-refractivity contribution in [3.63, 3.8) is 0 Å². The molecule has 0 aliphatic heterocycles. The Kier molecular flexibility index (Phi) is 14.3. The molecular weight excluding hydrogens is 842 g/mol. The number of ketones is 2. The SMILES string of the molecule is O=C(C#Cc1ccc(Cl)cc1)c1cccnc1.O=C(c1cccnc1)c1c(-c2ccc(Cl)cc2)nsc1-c1ccc(Cl)cc1.O=c1oc(-c2ccc(Cl)cc2)ns1. The van der Waals surface area contributed by atoms with Gasteiger partial charge in [0.1, 0.15) is 0 Å². The molecule has 0 radical (unpaired) electrons. The maximum Gasteiger partial charge on any atom is 0.414 e. The average Bonchev–Trinajstić information content (AvgIpc) is 3.89. The first-order chi connectivity index (χ1) is 27.6. The van der Waals surface area contributed by atoms with Gasteiger partial charge in [0.25, 0.3) is 0 Å². The Morgan fingerprint density at radius 3 is 1.60 bits per heavy atom. The van der Waals surface area contributed by atoms with Gasteiger partial charge in [0, 0.05) is 72.7 Å². The van der Waals surface area contributed by atoms with Crippen molar-refractivity contribution in [3.05, 3.63) is 198 Å². The summed E-state index contributed by atoms with van der Waals surface area (Å²) in [6.07, 6.45) is 6.32. The molecule has 0 fully saturated rings. The second kappa shape index (κ2) is 19.9. The van der Waals surface area contributed by atoms with Gasteiger partial charge in [-0.05, 0) is 120 Å². The molecular formula is C43H24Cl4N4O4S2. The van der Waals surface area contributed by atoms with Gasteiger partial charge in [0.2, 0.25) is 11.7 Å². The van der Waals surface area contributed by atoms with Crippen molar-refractivity contribution in [1.29, 1.82) is 0 Å². The third-order valence-corrected chi connectivity index (χ3v) is 10.0. The zero-order valence-corrected chi connectivity index (χ0v) is 33.8. The molecule has 14 heteroatoms. The Hall–Kier alpha value is -5.77. The fraction of sp³-hybridized carbons (Fsp3) is 0. The van der Waals surface area contributed by atoms with Crippen LogP contribution >= 0.6 is 69.5 Å². The molecule has 0 aliphatic carbocycles. The molecule has 0 saturated carbocycles. The van der Waals surface area contributed by atoms with Gasteiger partial charge in [-0.3, -0.25) is 19.6 Å². The summed E-state index contributed by atoms with van der Waals surface area (Å²) >= 11 is 25.6. The van der Waals surface area contributed by atoms with Crippen molar-refractivity contribution in [3.8, 4) is 45.0 Å². The summed E-state index contributed by atoms with van der Waals surface area (Å²) in [5.74, 6) is 5.33. The topological polar surface area (TPSA) is 116 Å². The maximum absolute atomic E-state index is 13.3. The molecule has 4 aromatic carbocycles. The van der Waals surface area contributed by atoms with Gasteiger partial charge in [0.15, 0.2) is 5.78 Å². The van der Waals surface area contributed by atoms with Crippen LogP contribution in [0.2, 0.25) is 20.1 Å². The van der Waals surface area contributed by atoms with Crippen LogP contribution in [0, 0.1) is 11.8 Å². The van der Waals surface area contributed by atoms with Gasteiger partial charge in [-0.1, -0.05) is 76.6 Å². The van der Waals surface area contributed by atoms with E-state index in [4.69, 9.17) is 50.8 Å². The zero-order valence-electron chi connectivity index (χ0n) is 29.1. The van der Waals surface area contributed by atoms with Crippen LogP contribution in [0.3, 0.4) is 0 Å². The molecule has 8 aromatic rings. The summed E-state index contributed by atoms with van der Waals surface area (Å²) in [6, 6.07) is 35.5. The minimum absolute atomic E-state index is 0.119. The van der Waals surface area contributed by atoms with Crippen LogP contribution < -0.4 is 4.94 Å². The smallest absolute Gasteiger partial charge is 0.394 e. The fourth-order valence-electron chi connectivity index (χ4n) is 4.88. The van der Waals surface area contributed by atoms with Gasteiger partial charge < -0.3 is 4.42 Å². The van der Waals surface area contributed by atoms with Crippen LogP contribution in [0.4, 0.5) is 0 Å². The van der Waals surface area contributed by atoms with Gasteiger partial charge >= 0.3 is 4.94 Å². The molecule has 8 rings (SSSR count). The lowest BCUT2D eigenvalue weighted by Gasteiger charge is -2.07. The van der Waals surface area contributed by atoms with Crippen molar-refractivity contribution in [1.82, 2.24) is 18.7 Å². The minimum Gasteiger partial charge on any atom is -0.394 e.